The lowest BCUT2D eigenvalue weighted by Crippen LogP contribution is -2.68. The highest BCUT2D eigenvalue weighted by Crippen LogP contribution is 2.65. The zero-order valence-electron chi connectivity index (χ0n) is 15.4. The Morgan fingerprint density at radius 3 is 2.17 bits per heavy atom. The van der Waals surface area contributed by atoms with E-state index < -0.39 is 12.2 Å². The van der Waals surface area contributed by atoms with E-state index >= 15 is 0 Å². The number of hydrogen-bond donors (Lipinski definition) is 2. The van der Waals surface area contributed by atoms with Gasteiger partial charge in [-0.05, 0) is 56.8 Å². The third-order valence-corrected chi connectivity index (χ3v) is 7.92. The van der Waals surface area contributed by atoms with Crippen LogP contribution in [0.4, 0.5) is 0 Å². The van der Waals surface area contributed by atoms with Gasteiger partial charge in [-0.15, -0.1) is 6.58 Å². The van der Waals surface area contributed by atoms with Crippen molar-refractivity contribution in [2.75, 3.05) is 0 Å². The molecule has 3 fully saturated rings. The van der Waals surface area contributed by atoms with Crippen molar-refractivity contribution >= 4 is 0 Å². The van der Waals surface area contributed by atoms with Crippen molar-refractivity contribution in [3.63, 3.8) is 0 Å². The van der Waals surface area contributed by atoms with Gasteiger partial charge in [0.05, 0.1) is 23.4 Å². The zero-order valence-corrected chi connectivity index (χ0v) is 15.4. The lowest BCUT2D eigenvalue weighted by Gasteiger charge is -2.67. The smallest absolute Gasteiger partial charge is 0.0839 e. The monoisotopic (exact) mass is 322 g/mol. The fraction of sp³-hybridized carbons (Fsp3) is 0.900. The first-order valence-electron chi connectivity index (χ1n) is 9.19. The number of aliphatic hydroxyl groups excluding tert-OH is 2. The van der Waals surface area contributed by atoms with Crippen LogP contribution in [0.1, 0.15) is 66.7 Å². The van der Waals surface area contributed by atoms with Crippen molar-refractivity contribution < 1.29 is 14.9 Å². The maximum absolute atomic E-state index is 11.0. The SMILES string of the molecule is C=CC1(C)CCC2C(C)(CCC3C(C)(C)C(O)CC(O)C23C)O1. The molecule has 1 heterocycles. The molecule has 0 radical (unpaired) electrons. The molecule has 0 bridgehead atoms. The molecule has 2 aliphatic carbocycles. The van der Waals surface area contributed by atoms with Crippen molar-refractivity contribution in [1.82, 2.24) is 0 Å². The van der Waals surface area contributed by atoms with Crippen LogP contribution < -0.4 is 0 Å². The van der Waals surface area contributed by atoms with Crippen molar-refractivity contribution in [1.29, 1.82) is 0 Å². The Morgan fingerprint density at radius 2 is 1.57 bits per heavy atom. The first kappa shape index (κ1) is 17.4. The molecule has 2 saturated carbocycles. The van der Waals surface area contributed by atoms with Crippen molar-refractivity contribution in [2.24, 2.45) is 22.7 Å². The Balaban J connectivity index is 2.01. The molecule has 0 amide bonds. The van der Waals surface area contributed by atoms with Crippen LogP contribution >= 0.6 is 0 Å². The molecule has 0 aromatic carbocycles. The normalized spacial score (nSPS) is 55.6. The highest BCUT2D eigenvalue weighted by molar-refractivity contribution is 5.16. The van der Waals surface area contributed by atoms with Gasteiger partial charge in [-0.25, -0.2) is 0 Å². The summed E-state index contributed by atoms with van der Waals surface area (Å²) in [7, 11) is 0. The molecule has 3 rings (SSSR count). The fourth-order valence-electron chi connectivity index (χ4n) is 6.35. The Bertz CT molecular complexity index is 501. The predicted octanol–water partition coefficient (Wildman–Crippen LogP) is 3.68. The van der Waals surface area contributed by atoms with E-state index in [0.29, 0.717) is 18.3 Å². The van der Waals surface area contributed by atoms with Gasteiger partial charge in [0.25, 0.3) is 0 Å². The van der Waals surface area contributed by atoms with Gasteiger partial charge < -0.3 is 14.9 Å². The minimum Gasteiger partial charge on any atom is -0.392 e. The third kappa shape index (κ3) is 2.26. The molecule has 3 aliphatic rings. The summed E-state index contributed by atoms with van der Waals surface area (Å²) in [5, 5.41) is 21.5. The van der Waals surface area contributed by atoms with Gasteiger partial charge in [0.1, 0.15) is 0 Å². The minimum absolute atomic E-state index is 0.158. The van der Waals surface area contributed by atoms with E-state index in [4.69, 9.17) is 4.74 Å². The Morgan fingerprint density at radius 1 is 0.957 bits per heavy atom. The minimum atomic E-state index is -0.461. The highest BCUT2D eigenvalue weighted by Gasteiger charge is 2.65. The topological polar surface area (TPSA) is 49.7 Å². The average Bonchev–Trinajstić information content (AvgIpc) is 2.44. The largest absolute Gasteiger partial charge is 0.392 e. The van der Waals surface area contributed by atoms with E-state index in [1.54, 1.807) is 0 Å². The van der Waals surface area contributed by atoms with E-state index in [0.717, 1.165) is 25.7 Å². The van der Waals surface area contributed by atoms with Crippen molar-refractivity contribution in [3.8, 4) is 0 Å². The van der Waals surface area contributed by atoms with Crippen molar-refractivity contribution in [3.05, 3.63) is 12.7 Å². The number of ether oxygens (including phenoxy) is 1. The van der Waals surface area contributed by atoms with Gasteiger partial charge >= 0.3 is 0 Å². The lowest BCUT2D eigenvalue weighted by molar-refractivity contribution is -0.285. The van der Waals surface area contributed by atoms with Crippen LogP contribution in [-0.2, 0) is 4.74 Å². The summed E-state index contributed by atoms with van der Waals surface area (Å²) in [6, 6.07) is 0. The quantitative estimate of drug-likeness (QED) is 0.724. The van der Waals surface area contributed by atoms with Crippen molar-refractivity contribution in [2.45, 2.75) is 90.1 Å². The zero-order chi connectivity index (χ0) is 17.3. The van der Waals surface area contributed by atoms with Gasteiger partial charge in [-0.3, -0.25) is 0 Å². The lowest BCUT2D eigenvalue weighted by atomic mass is 9.43. The molecular weight excluding hydrogens is 288 g/mol. The van der Waals surface area contributed by atoms with Crippen LogP contribution in [-0.4, -0.2) is 33.6 Å². The van der Waals surface area contributed by atoms with Gasteiger partial charge in [-0.2, -0.15) is 0 Å². The second-order valence-corrected chi connectivity index (χ2v) is 9.57. The van der Waals surface area contributed by atoms with Gasteiger partial charge in [0, 0.05) is 11.8 Å². The van der Waals surface area contributed by atoms with Gasteiger partial charge in [-0.1, -0.05) is 26.8 Å². The molecule has 3 heteroatoms. The van der Waals surface area contributed by atoms with Crippen LogP contribution in [0.15, 0.2) is 12.7 Å². The molecule has 0 spiro atoms. The summed E-state index contributed by atoms with van der Waals surface area (Å²) in [6.07, 6.45) is 5.52. The summed E-state index contributed by atoms with van der Waals surface area (Å²) in [5.41, 5.74) is -0.832. The summed E-state index contributed by atoms with van der Waals surface area (Å²) in [6.45, 7) is 14.9. The van der Waals surface area contributed by atoms with Crippen LogP contribution in [0.25, 0.3) is 0 Å². The van der Waals surface area contributed by atoms with Gasteiger partial charge in [0.2, 0.25) is 0 Å². The summed E-state index contributed by atoms with van der Waals surface area (Å²) in [5.74, 6) is 0.645. The first-order valence-corrected chi connectivity index (χ1v) is 9.19. The fourth-order valence-corrected chi connectivity index (χ4v) is 6.35. The maximum Gasteiger partial charge on any atom is 0.0839 e. The number of fused-ring (bicyclic) bond motifs is 3. The standard InChI is InChI=1S/C20H34O3/c1-7-18(4)10-8-14-19(5,23-18)11-9-13-17(2,3)15(21)12-16(22)20(13,14)6/h7,13-16,21-22H,1,8-12H2,2-6H3. The molecule has 0 aromatic heterocycles. The number of aliphatic hydroxyl groups is 2. The second kappa shape index (κ2) is 5.06. The molecule has 3 nitrogen and oxygen atoms in total. The average molecular weight is 322 g/mol. The molecule has 0 aromatic rings. The second-order valence-electron chi connectivity index (χ2n) is 9.57. The summed E-state index contributed by atoms with van der Waals surface area (Å²) < 4.78 is 6.58. The molecule has 23 heavy (non-hydrogen) atoms. The third-order valence-electron chi connectivity index (χ3n) is 7.92. The van der Waals surface area contributed by atoms with E-state index in [9.17, 15) is 10.2 Å². The highest BCUT2D eigenvalue weighted by atomic mass is 16.5. The molecule has 1 aliphatic heterocycles. The molecular formula is C20H34O3. The molecule has 7 unspecified atom stereocenters. The summed E-state index contributed by atoms with van der Waals surface area (Å²) >= 11 is 0. The summed E-state index contributed by atoms with van der Waals surface area (Å²) in [4.78, 5) is 0. The van der Waals surface area contributed by atoms with Crippen LogP contribution in [0.2, 0.25) is 0 Å². The van der Waals surface area contributed by atoms with Crippen LogP contribution in [0.5, 0.6) is 0 Å². The first-order chi connectivity index (χ1) is 10.5. The number of hydrogen-bond acceptors (Lipinski definition) is 3. The molecule has 132 valence electrons. The molecule has 7 atom stereocenters. The Kier molecular flexibility index (Phi) is 3.84. The van der Waals surface area contributed by atoms with E-state index in [1.807, 2.05) is 6.08 Å². The van der Waals surface area contributed by atoms with E-state index in [2.05, 4.69) is 41.2 Å². The maximum atomic E-state index is 11.0. The van der Waals surface area contributed by atoms with Gasteiger partial charge in [0.15, 0.2) is 0 Å². The van der Waals surface area contributed by atoms with Crippen LogP contribution in [0, 0.1) is 22.7 Å². The Labute approximate surface area is 141 Å². The van der Waals surface area contributed by atoms with E-state index in [-0.39, 0.29) is 22.0 Å². The van der Waals surface area contributed by atoms with Crippen LogP contribution in [0.3, 0.4) is 0 Å². The van der Waals surface area contributed by atoms with E-state index in [1.165, 1.54) is 0 Å². The predicted molar refractivity (Wildman–Crippen MR) is 92.1 cm³/mol. The molecule has 2 N–H and O–H groups in total. The number of rotatable bonds is 1. The molecule has 1 saturated heterocycles. The Hall–Kier alpha value is -0.380.